The van der Waals surface area contributed by atoms with Crippen molar-refractivity contribution < 1.29 is 4.74 Å². The fourth-order valence-corrected chi connectivity index (χ4v) is 3.43. The van der Waals surface area contributed by atoms with Crippen LogP contribution in [0.2, 0.25) is 0 Å². The van der Waals surface area contributed by atoms with Crippen LogP contribution in [0.5, 0.6) is 5.75 Å². The Bertz CT molecular complexity index is 817. The summed E-state index contributed by atoms with van der Waals surface area (Å²) in [4.78, 5) is 18.2. The molecule has 3 aromatic heterocycles. The lowest BCUT2D eigenvalue weighted by atomic mass is 9.99. The van der Waals surface area contributed by atoms with E-state index in [-0.39, 0.29) is 0 Å². The van der Waals surface area contributed by atoms with E-state index < -0.39 is 0 Å². The third kappa shape index (κ3) is 2.97. The molecule has 0 aliphatic carbocycles. The van der Waals surface area contributed by atoms with Crippen LogP contribution in [-0.4, -0.2) is 51.6 Å². The number of nitrogens with one attached hydrogen (secondary N) is 1. The zero-order valence-corrected chi connectivity index (χ0v) is 13.8. The number of aromatic nitrogens is 4. The van der Waals surface area contributed by atoms with Crippen LogP contribution in [0, 0.1) is 5.92 Å². The molecule has 4 heterocycles. The molecule has 124 valence electrons. The highest BCUT2D eigenvalue weighted by atomic mass is 16.5. The predicted molar refractivity (Wildman–Crippen MR) is 92.8 cm³/mol. The summed E-state index contributed by atoms with van der Waals surface area (Å²) >= 11 is 0. The van der Waals surface area contributed by atoms with Gasteiger partial charge in [0.2, 0.25) is 0 Å². The van der Waals surface area contributed by atoms with Gasteiger partial charge in [-0.15, -0.1) is 0 Å². The fourth-order valence-electron chi connectivity index (χ4n) is 3.43. The van der Waals surface area contributed by atoms with Gasteiger partial charge in [-0.1, -0.05) is 0 Å². The largest absolute Gasteiger partial charge is 0.492 e. The van der Waals surface area contributed by atoms with E-state index in [9.17, 15) is 0 Å². The second-order valence-electron chi connectivity index (χ2n) is 6.44. The monoisotopic (exact) mass is 323 g/mol. The van der Waals surface area contributed by atoms with Crippen molar-refractivity contribution in [3.63, 3.8) is 0 Å². The molecule has 6 heteroatoms. The molecular formula is C18H21N5O. The van der Waals surface area contributed by atoms with Gasteiger partial charge in [-0.05, 0) is 32.5 Å². The van der Waals surface area contributed by atoms with Crippen LogP contribution in [0.3, 0.4) is 0 Å². The van der Waals surface area contributed by atoms with Crippen molar-refractivity contribution in [3.05, 3.63) is 37.2 Å². The molecule has 0 bridgehead atoms. The summed E-state index contributed by atoms with van der Waals surface area (Å²) < 4.78 is 6.20. The third-order valence-corrected chi connectivity index (χ3v) is 4.60. The normalized spacial score (nSPS) is 18.8. The molecule has 4 rings (SSSR count). The molecule has 0 spiro atoms. The van der Waals surface area contributed by atoms with Crippen LogP contribution in [0.25, 0.3) is 22.2 Å². The summed E-state index contributed by atoms with van der Waals surface area (Å²) in [5.41, 5.74) is 2.81. The smallest absolute Gasteiger partial charge is 0.141 e. The van der Waals surface area contributed by atoms with E-state index in [2.05, 4.69) is 31.9 Å². The van der Waals surface area contributed by atoms with Gasteiger partial charge in [0, 0.05) is 48.4 Å². The Balaban J connectivity index is 1.62. The van der Waals surface area contributed by atoms with Crippen molar-refractivity contribution in [1.29, 1.82) is 0 Å². The van der Waals surface area contributed by atoms with E-state index in [0.29, 0.717) is 5.92 Å². The number of piperidine rings is 1. The molecule has 0 saturated carbocycles. The number of ether oxygens (including phenoxy) is 1. The van der Waals surface area contributed by atoms with E-state index in [0.717, 1.165) is 41.1 Å². The zero-order chi connectivity index (χ0) is 16.4. The van der Waals surface area contributed by atoms with Crippen LogP contribution in [-0.2, 0) is 0 Å². The lowest BCUT2D eigenvalue weighted by Gasteiger charge is -2.29. The van der Waals surface area contributed by atoms with Crippen LogP contribution in [0.4, 0.5) is 0 Å². The summed E-state index contributed by atoms with van der Waals surface area (Å²) in [7, 11) is 2.18. The van der Waals surface area contributed by atoms with Crippen molar-refractivity contribution in [3.8, 4) is 16.9 Å². The highest BCUT2D eigenvalue weighted by Gasteiger charge is 2.19. The average Bonchev–Trinajstić information content (AvgIpc) is 3.05. The van der Waals surface area contributed by atoms with Gasteiger partial charge < -0.3 is 14.6 Å². The Morgan fingerprint density at radius 1 is 1.33 bits per heavy atom. The molecule has 0 aromatic carbocycles. The highest BCUT2D eigenvalue weighted by molar-refractivity contribution is 5.97. The van der Waals surface area contributed by atoms with Crippen LogP contribution < -0.4 is 4.74 Å². The lowest BCUT2D eigenvalue weighted by molar-refractivity contribution is 0.151. The van der Waals surface area contributed by atoms with Gasteiger partial charge in [0.05, 0.1) is 12.0 Å². The first kappa shape index (κ1) is 15.1. The Morgan fingerprint density at radius 2 is 2.21 bits per heavy atom. The first-order valence-corrected chi connectivity index (χ1v) is 8.34. The first-order chi connectivity index (χ1) is 11.8. The SMILES string of the molecule is CN1CCC[C@@H](COc2ccnc3[nH]cc(-c4cncnc4)c23)C1. The van der Waals surface area contributed by atoms with Crippen molar-refractivity contribution >= 4 is 11.0 Å². The maximum atomic E-state index is 6.20. The van der Waals surface area contributed by atoms with E-state index in [1.54, 1.807) is 6.20 Å². The van der Waals surface area contributed by atoms with Gasteiger partial charge in [-0.25, -0.2) is 15.0 Å². The van der Waals surface area contributed by atoms with Gasteiger partial charge in [-0.3, -0.25) is 0 Å². The van der Waals surface area contributed by atoms with Crippen molar-refractivity contribution in [2.45, 2.75) is 12.8 Å². The molecule has 1 aliphatic rings. The topological polar surface area (TPSA) is 66.9 Å². The second kappa shape index (κ2) is 6.57. The standard InChI is InChI=1S/C18H21N5O/c1-23-6-2-3-13(10-23)11-24-16-4-5-21-18-17(16)15(9-22-18)14-7-19-12-20-8-14/h4-5,7-9,12-13H,2-3,6,10-11H2,1H3,(H,21,22)/t13-/m1/s1. The minimum Gasteiger partial charge on any atom is -0.492 e. The number of nitrogens with zero attached hydrogens (tertiary/aromatic N) is 4. The number of aromatic amines is 1. The third-order valence-electron chi connectivity index (χ3n) is 4.60. The lowest BCUT2D eigenvalue weighted by Crippen LogP contribution is -2.34. The summed E-state index contributed by atoms with van der Waals surface area (Å²) in [5.74, 6) is 1.45. The van der Waals surface area contributed by atoms with E-state index in [1.807, 2.05) is 24.7 Å². The molecule has 1 atom stereocenters. The molecule has 1 N–H and O–H groups in total. The van der Waals surface area contributed by atoms with Crippen LogP contribution in [0.15, 0.2) is 37.2 Å². The summed E-state index contributed by atoms with van der Waals surface area (Å²) in [6.07, 6.45) is 11.3. The second-order valence-corrected chi connectivity index (χ2v) is 6.44. The van der Waals surface area contributed by atoms with Gasteiger partial charge in [0.1, 0.15) is 17.7 Å². The summed E-state index contributed by atoms with van der Waals surface area (Å²) in [5, 5.41) is 0.997. The maximum Gasteiger partial charge on any atom is 0.141 e. The molecule has 0 unspecified atom stereocenters. The van der Waals surface area contributed by atoms with Crippen molar-refractivity contribution in [2.75, 3.05) is 26.7 Å². The first-order valence-electron chi connectivity index (χ1n) is 8.34. The Labute approximate surface area is 140 Å². The minimum atomic E-state index is 0.578. The zero-order valence-electron chi connectivity index (χ0n) is 13.8. The average molecular weight is 323 g/mol. The van der Waals surface area contributed by atoms with Crippen LogP contribution in [0.1, 0.15) is 12.8 Å². The number of hydrogen-bond acceptors (Lipinski definition) is 5. The predicted octanol–water partition coefficient (Wildman–Crippen LogP) is 2.74. The minimum absolute atomic E-state index is 0.578. The molecule has 1 saturated heterocycles. The highest BCUT2D eigenvalue weighted by Crippen LogP contribution is 2.34. The van der Waals surface area contributed by atoms with Gasteiger partial charge in [0.25, 0.3) is 0 Å². The van der Waals surface area contributed by atoms with Gasteiger partial charge >= 0.3 is 0 Å². The van der Waals surface area contributed by atoms with E-state index in [4.69, 9.17) is 4.74 Å². The number of pyridine rings is 1. The van der Waals surface area contributed by atoms with Crippen molar-refractivity contribution in [2.24, 2.45) is 5.92 Å². The fraction of sp³-hybridized carbons (Fsp3) is 0.389. The van der Waals surface area contributed by atoms with Gasteiger partial charge in [-0.2, -0.15) is 0 Å². The molecule has 24 heavy (non-hydrogen) atoms. The summed E-state index contributed by atoms with van der Waals surface area (Å²) in [6, 6.07) is 1.94. The number of H-pyrrole nitrogens is 1. The molecule has 3 aromatic rings. The molecule has 6 nitrogen and oxygen atoms in total. The maximum absolute atomic E-state index is 6.20. The number of rotatable bonds is 4. The molecule has 0 radical (unpaired) electrons. The molecular weight excluding hydrogens is 302 g/mol. The molecule has 1 fully saturated rings. The van der Waals surface area contributed by atoms with Gasteiger partial charge in [0.15, 0.2) is 0 Å². The molecule has 0 amide bonds. The van der Waals surface area contributed by atoms with Crippen molar-refractivity contribution in [1.82, 2.24) is 24.8 Å². The molecule has 1 aliphatic heterocycles. The Morgan fingerprint density at radius 3 is 3.04 bits per heavy atom. The number of fused-ring (bicyclic) bond motifs is 1. The Kier molecular flexibility index (Phi) is 4.13. The summed E-state index contributed by atoms with van der Waals surface area (Å²) in [6.45, 7) is 3.02. The number of hydrogen-bond donors (Lipinski definition) is 1. The van der Waals surface area contributed by atoms with E-state index in [1.165, 1.54) is 25.7 Å². The number of likely N-dealkylation sites (tertiary alicyclic amines) is 1. The quantitative estimate of drug-likeness (QED) is 0.799. The van der Waals surface area contributed by atoms with Crippen LogP contribution >= 0.6 is 0 Å². The van der Waals surface area contributed by atoms with E-state index >= 15 is 0 Å². The Hall–Kier alpha value is -2.47.